The zero-order valence-electron chi connectivity index (χ0n) is 12.8. The molecule has 1 N–H and O–H groups in total. The van der Waals surface area contributed by atoms with Gasteiger partial charge in [-0.15, -0.1) is 0 Å². The molecule has 1 aromatic carbocycles. The number of hydrogen-bond acceptors (Lipinski definition) is 5. The maximum Gasteiger partial charge on any atom is 0.308 e. The van der Waals surface area contributed by atoms with E-state index < -0.39 is 21.9 Å². The molecule has 1 fully saturated rings. The second-order valence-corrected chi connectivity index (χ2v) is 7.84. The molecule has 23 heavy (non-hydrogen) atoms. The highest BCUT2D eigenvalue weighted by atomic mass is 32.2. The molecule has 2 heterocycles. The Kier molecular flexibility index (Phi) is 4.20. The third kappa shape index (κ3) is 3.00. The number of benzene rings is 1. The van der Waals surface area contributed by atoms with E-state index in [2.05, 4.69) is 0 Å². The molecule has 126 valence electrons. The fourth-order valence-electron chi connectivity index (χ4n) is 2.89. The highest BCUT2D eigenvalue weighted by molar-refractivity contribution is 7.89. The largest absolute Gasteiger partial charge is 0.490 e. The van der Waals surface area contributed by atoms with Crippen molar-refractivity contribution in [3.8, 4) is 11.5 Å². The summed E-state index contributed by atoms with van der Waals surface area (Å²) in [7, 11) is -3.75. The number of hydrogen-bond donors (Lipinski definition) is 1. The van der Waals surface area contributed by atoms with Crippen LogP contribution in [0.2, 0.25) is 0 Å². The fourth-order valence-corrected chi connectivity index (χ4v) is 4.48. The third-order valence-electron chi connectivity index (χ3n) is 4.25. The molecule has 0 aromatic heterocycles. The highest BCUT2D eigenvalue weighted by Gasteiger charge is 2.40. The molecule has 1 aromatic rings. The van der Waals surface area contributed by atoms with Crippen LogP contribution in [0.25, 0.3) is 0 Å². The Balaban J connectivity index is 1.89. The molecular formula is C15H19NO6S. The molecule has 0 unspecified atom stereocenters. The average Bonchev–Trinajstić information content (AvgIpc) is 2.76. The molecule has 8 heteroatoms. The van der Waals surface area contributed by atoms with Crippen LogP contribution < -0.4 is 9.47 Å². The van der Waals surface area contributed by atoms with E-state index in [0.717, 1.165) is 6.42 Å². The predicted octanol–water partition coefficient (Wildman–Crippen LogP) is 1.19. The standard InChI is InChI=1S/C15H19NO6S/c1-10-8-16(9-12(10)15(17)18)23(19,20)11-3-4-13-14(7-11)22-6-2-5-21-13/h3-4,7,10,12H,2,5-6,8-9H2,1H3,(H,17,18)/t10-,12-/m1/s1. The fraction of sp³-hybridized carbons (Fsp3) is 0.533. The third-order valence-corrected chi connectivity index (χ3v) is 6.08. The zero-order valence-corrected chi connectivity index (χ0v) is 13.6. The number of carbonyl (C=O) groups is 1. The minimum Gasteiger partial charge on any atom is -0.490 e. The van der Waals surface area contributed by atoms with Crippen LogP contribution in [0, 0.1) is 11.8 Å². The van der Waals surface area contributed by atoms with Crippen molar-refractivity contribution < 1.29 is 27.8 Å². The smallest absolute Gasteiger partial charge is 0.308 e. The van der Waals surface area contributed by atoms with E-state index in [9.17, 15) is 13.2 Å². The van der Waals surface area contributed by atoms with Crippen LogP contribution in [-0.4, -0.2) is 50.1 Å². The van der Waals surface area contributed by atoms with Crippen molar-refractivity contribution in [2.24, 2.45) is 11.8 Å². The molecule has 2 atom stereocenters. The van der Waals surface area contributed by atoms with Gasteiger partial charge in [-0.25, -0.2) is 8.42 Å². The number of fused-ring (bicyclic) bond motifs is 1. The zero-order chi connectivity index (χ0) is 16.6. The molecule has 7 nitrogen and oxygen atoms in total. The summed E-state index contributed by atoms with van der Waals surface area (Å²) in [4.78, 5) is 11.3. The highest BCUT2D eigenvalue weighted by Crippen LogP contribution is 2.34. The molecule has 0 bridgehead atoms. The van der Waals surface area contributed by atoms with Crippen LogP contribution in [0.1, 0.15) is 13.3 Å². The number of aliphatic carboxylic acids is 1. The molecule has 1 saturated heterocycles. The van der Waals surface area contributed by atoms with E-state index in [1.807, 2.05) is 0 Å². The predicted molar refractivity (Wildman–Crippen MR) is 81.1 cm³/mol. The number of carboxylic acid groups (broad SMARTS) is 1. The average molecular weight is 341 g/mol. The molecule has 0 saturated carbocycles. The molecule has 0 aliphatic carbocycles. The summed E-state index contributed by atoms with van der Waals surface area (Å²) >= 11 is 0. The van der Waals surface area contributed by atoms with E-state index in [1.165, 1.54) is 16.4 Å². The van der Waals surface area contributed by atoms with Gasteiger partial charge < -0.3 is 14.6 Å². The molecule has 2 aliphatic rings. The Hall–Kier alpha value is -1.80. The summed E-state index contributed by atoms with van der Waals surface area (Å²) in [5, 5.41) is 9.17. The molecule has 3 rings (SSSR count). The van der Waals surface area contributed by atoms with Crippen LogP contribution in [0.3, 0.4) is 0 Å². The molecule has 0 amide bonds. The summed E-state index contributed by atoms with van der Waals surface area (Å²) in [6, 6.07) is 4.51. The first-order chi connectivity index (χ1) is 10.9. The summed E-state index contributed by atoms with van der Waals surface area (Å²) in [6.45, 7) is 2.95. The monoisotopic (exact) mass is 341 g/mol. The second-order valence-electron chi connectivity index (χ2n) is 5.90. The molecule has 0 radical (unpaired) electrons. The van der Waals surface area contributed by atoms with Crippen LogP contribution >= 0.6 is 0 Å². The van der Waals surface area contributed by atoms with Gasteiger partial charge in [0.05, 0.1) is 24.0 Å². The van der Waals surface area contributed by atoms with Gasteiger partial charge in [-0.3, -0.25) is 4.79 Å². The van der Waals surface area contributed by atoms with E-state index in [-0.39, 0.29) is 23.9 Å². The topological polar surface area (TPSA) is 93.1 Å². The van der Waals surface area contributed by atoms with Gasteiger partial charge in [0.2, 0.25) is 10.0 Å². The van der Waals surface area contributed by atoms with E-state index in [4.69, 9.17) is 14.6 Å². The summed E-state index contributed by atoms with van der Waals surface area (Å²) in [5.41, 5.74) is 0. The van der Waals surface area contributed by atoms with Crippen molar-refractivity contribution >= 4 is 16.0 Å². The first kappa shape index (κ1) is 16.1. The normalized spacial score (nSPS) is 25.1. The molecular weight excluding hydrogens is 322 g/mol. The van der Waals surface area contributed by atoms with Crippen LogP contribution in [-0.2, 0) is 14.8 Å². The van der Waals surface area contributed by atoms with Crippen LogP contribution in [0.15, 0.2) is 23.1 Å². The minimum atomic E-state index is -3.75. The lowest BCUT2D eigenvalue weighted by atomic mass is 9.99. The van der Waals surface area contributed by atoms with Crippen molar-refractivity contribution in [3.05, 3.63) is 18.2 Å². The van der Waals surface area contributed by atoms with Gasteiger partial charge in [0.25, 0.3) is 0 Å². The first-order valence-corrected chi connectivity index (χ1v) is 8.96. The van der Waals surface area contributed by atoms with Crippen molar-refractivity contribution in [3.63, 3.8) is 0 Å². The number of nitrogens with zero attached hydrogens (tertiary/aromatic N) is 1. The van der Waals surface area contributed by atoms with Crippen LogP contribution in [0.5, 0.6) is 11.5 Å². The van der Waals surface area contributed by atoms with Gasteiger partial charge in [0.1, 0.15) is 0 Å². The maximum atomic E-state index is 12.8. The quantitative estimate of drug-likeness (QED) is 0.888. The Morgan fingerprint density at radius 3 is 2.57 bits per heavy atom. The van der Waals surface area contributed by atoms with Crippen molar-refractivity contribution in [1.82, 2.24) is 4.31 Å². The Morgan fingerprint density at radius 2 is 1.91 bits per heavy atom. The number of carboxylic acids is 1. The summed E-state index contributed by atoms with van der Waals surface area (Å²) in [6.07, 6.45) is 0.737. The van der Waals surface area contributed by atoms with Gasteiger partial charge in [0.15, 0.2) is 11.5 Å². The first-order valence-electron chi connectivity index (χ1n) is 7.52. The number of rotatable bonds is 3. The van der Waals surface area contributed by atoms with Gasteiger partial charge >= 0.3 is 5.97 Å². The van der Waals surface area contributed by atoms with Crippen molar-refractivity contribution in [2.45, 2.75) is 18.2 Å². The van der Waals surface area contributed by atoms with E-state index >= 15 is 0 Å². The van der Waals surface area contributed by atoms with E-state index in [1.54, 1.807) is 13.0 Å². The van der Waals surface area contributed by atoms with E-state index in [0.29, 0.717) is 24.7 Å². The summed E-state index contributed by atoms with van der Waals surface area (Å²) in [5.74, 6) is -0.924. The maximum absolute atomic E-state index is 12.8. The van der Waals surface area contributed by atoms with Gasteiger partial charge in [-0.05, 0) is 18.1 Å². The van der Waals surface area contributed by atoms with Crippen molar-refractivity contribution in [1.29, 1.82) is 0 Å². The Bertz CT molecular complexity index is 717. The SMILES string of the molecule is C[C@@H]1CN(S(=O)(=O)c2ccc3c(c2)OCCCO3)C[C@H]1C(=O)O. The van der Waals surface area contributed by atoms with Gasteiger partial charge in [-0.1, -0.05) is 6.92 Å². The Labute approximate surface area is 134 Å². The second kappa shape index (κ2) is 6.01. The minimum absolute atomic E-state index is 0.00667. The molecule has 2 aliphatic heterocycles. The number of ether oxygens (including phenoxy) is 2. The lowest BCUT2D eigenvalue weighted by Crippen LogP contribution is -2.30. The lowest BCUT2D eigenvalue weighted by Gasteiger charge is -2.17. The number of sulfonamides is 1. The van der Waals surface area contributed by atoms with Crippen molar-refractivity contribution in [2.75, 3.05) is 26.3 Å². The summed E-state index contributed by atoms with van der Waals surface area (Å²) < 4.78 is 37.8. The van der Waals surface area contributed by atoms with Crippen LogP contribution in [0.4, 0.5) is 0 Å². The van der Waals surface area contributed by atoms with Gasteiger partial charge in [0, 0.05) is 25.6 Å². The Morgan fingerprint density at radius 1 is 1.22 bits per heavy atom. The van der Waals surface area contributed by atoms with Gasteiger partial charge in [-0.2, -0.15) is 4.31 Å². The lowest BCUT2D eigenvalue weighted by molar-refractivity contribution is -0.142. The molecule has 0 spiro atoms.